The van der Waals surface area contributed by atoms with Crippen LogP contribution in [0.15, 0.2) is 189 Å². The van der Waals surface area contributed by atoms with Gasteiger partial charge in [-0.3, -0.25) is 0 Å². The van der Waals surface area contributed by atoms with Crippen molar-refractivity contribution in [1.82, 2.24) is 0 Å². The lowest BCUT2D eigenvalue weighted by Crippen LogP contribution is -2.20. The number of nitrogen functional groups attached to an aromatic ring is 1. The summed E-state index contributed by atoms with van der Waals surface area (Å²) in [5.41, 5.74) is 29.0. The van der Waals surface area contributed by atoms with Crippen LogP contribution >= 0.6 is 0 Å². The van der Waals surface area contributed by atoms with Gasteiger partial charge in [-0.2, -0.15) is 0 Å². The lowest BCUT2D eigenvalue weighted by atomic mass is 9.76. The Bertz CT molecular complexity index is 1990. The molecule has 0 unspecified atom stereocenters. The van der Waals surface area contributed by atoms with Crippen LogP contribution in [0.5, 0.6) is 0 Å². The van der Waals surface area contributed by atoms with Crippen molar-refractivity contribution >= 4 is 11.3 Å². The van der Waals surface area contributed by atoms with E-state index < -0.39 is 0 Å². The molecule has 0 heterocycles. The van der Waals surface area contributed by atoms with Crippen molar-refractivity contribution < 1.29 is 0 Å². The van der Waals surface area contributed by atoms with Crippen LogP contribution in [0.25, 0.3) is 39.0 Å². The maximum absolute atomic E-state index is 6.37. The molecule has 0 aliphatic heterocycles. The Morgan fingerprint density at radius 2 is 1.18 bits per heavy atom. The summed E-state index contributed by atoms with van der Waals surface area (Å²) in [6, 6.07) is 42.9. The van der Waals surface area contributed by atoms with Gasteiger partial charge in [-0.1, -0.05) is 167 Å². The fourth-order valence-electron chi connectivity index (χ4n) is 5.60. The number of para-hydroxylation sites is 1. The van der Waals surface area contributed by atoms with Crippen molar-refractivity contribution in [3.05, 3.63) is 206 Å². The predicted molar refractivity (Wildman–Crippen MR) is 215 cm³/mol. The van der Waals surface area contributed by atoms with Crippen LogP contribution in [0.3, 0.4) is 0 Å². The van der Waals surface area contributed by atoms with E-state index in [-0.39, 0.29) is 5.41 Å². The van der Waals surface area contributed by atoms with Crippen molar-refractivity contribution in [2.75, 3.05) is 12.3 Å². The van der Waals surface area contributed by atoms with Crippen LogP contribution in [0, 0.1) is 0 Å². The summed E-state index contributed by atoms with van der Waals surface area (Å²) >= 11 is 0. The summed E-state index contributed by atoms with van der Waals surface area (Å²) in [5, 5.41) is 0. The first-order valence-corrected chi connectivity index (χ1v) is 16.4. The molecule has 0 amide bonds. The fourth-order valence-corrected chi connectivity index (χ4v) is 5.60. The Hall–Kier alpha value is -5.90. The van der Waals surface area contributed by atoms with E-state index in [4.69, 9.17) is 17.2 Å². The molecule has 3 heteroatoms. The number of rotatable bonds is 11. The quantitative estimate of drug-likeness (QED) is 0.0992. The molecule has 5 aromatic carbocycles. The highest BCUT2D eigenvalue weighted by Gasteiger charge is 2.25. The highest BCUT2D eigenvalue weighted by Crippen LogP contribution is 2.37. The minimum atomic E-state index is -0.218. The zero-order chi connectivity index (χ0) is 35.1. The largest absolute Gasteiger partial charge is 0.405 e. The molecule has 246 valence electrons. The van der Waals surface area contributed by atoms with Crippen molar-refractivity contribution in [3.8, 4) is 33.4 Å². The number of allylic oxidation sites excluding steroid dienone is 8. The molecule has 3 nitrogen and oxygen atoms in total. The third-order valence-electron chi connectivity index (χ3n) is 8.33. The third-order valence-corrected chi connectivity index (χ3v) is 8.33. The van der Waals surface area contributed by atoms with Gasteiger partial charge in [0.05, 0.1) is 0 Å². The second kappa shape index (κ2) is 17.9. The van der Waals surface area contributed by atoms with Gasteiger partial charge in [0.1, 0.15) is 0 Å². The molecule has 6 N–H and O–H groups in total. The average Bonchev–Trinajstić information content (AvgIpc) is 3.14. The highest BCUT2D eigenvalue weighted by atomic mass is 14.6. The second-order valence-electron chi connectivity index (χ2n) is 12.1. The van der Waals surface area contributed by atoms with Crippen LogP contribution < -0.4 is 17.2 Å². The topological polar surface area (TPSA) is 78.1 Å². The first-order chi connectivity index (χ1) is 23.8. The monoisotopic (exact) mass is 641 g/mol. The van der Waals surface area contributed by atoms with Gasteiger partial charge in [0.15, 0.2) is 0 Å². The third kappa shape index (κ3) is 9.80. The van der Waals surface area contributed by atoms with Crippen LogP contribution in [-0.4, -0.2) is 6.54 Å². The maximum atomic E-state index is 6.37. The molecule has 0 radical (unpaired) electrons. The minimum Gasteiger partial charge on any atom is -0.405 e. The van der Waals surface area contributed by atoms with E-state index in [1.54, 1.807) is 12.2 Å². The van der Waals surface area contributed by atoms with Crippen molar-refractivity contribution in [2.24, 2.45) is 11.5 Å². The molecule has 0 spiro atoms. The summed E-state index contributed by atoms with van der Waals surface area (Å²) in [4.78, 5) is 0. The van der Waals surface area contributed by atoms with E-state index >= 15 is 0 Å². The number of hydrogen-bond acceptors (Lipinski definition) is 3. The first-order valence-electron chi connectivity index (χ1n) is 16.4. The Labute approximate surface area is 292 Å². The van der Waals surface area contributed by atoms with E-state index in [2.05, 4.69) is 136 Å². The van der Waals surface area contributed by atoms with Crippen molar-refractivity contribution in [1.29, 1.82) is 0 Å². The van der Waals surface area contributed by atoms with Gasteiger partial charge < -0.3 is 17.2 Å². The summed E-state index contributed by atoms with van der Waals surface area (Å²) in [7, 11) is 0. The van der Waals surface area contributed by atoms with Gasteiger partial charge in [0, 0.05) is 17.6 Å². The number of nitrogens with two attached hydrogens (primary N) is 3. The smallest absolute Gasteiger partial charge is 0.0355 e. The molecule has 0 aliphatic carbocycles. The normalized spacial score (nSPS) is 11.7. The van der Waals surface area contributed by atoms with E-state index in [0.29, 0.717) is 6.54 Å². The van der Waals surface area contributed by atoms with Gasteiger partial charge in [-0.15, -0.1) is 0 Å². The van der Waals surface area contributed by atoms with Crippen LogP contribution in [0.1, 0.15) is 30.5 Å². The molecule has 0 saturated carbocycles. The highest BCUT2D eigenvalue weighted by molar-refractivity contribution is 5.80. The first kappa shape index (κ1) is 35.9. The number of hydrogen-bond donors (Lipinski definition) is 3. The van der Waals surface area contributed by atoms with Crippen LogP contribution in [-0.2, 0) is 5.41 Å². The standard InChI is InChI=1S/C39H36N2.C7H11N/c1-28(12-6-7-23-40)29-13-8-14-30(24-29)31-15-9-16-32(25-31)33-17-10-18-34(26-33)35-19-11-20-36(27-35)39(2,3)37-21-4-5-22-38(37)41;1-2-3-4-5-6-7-8/h4-27H,1,40-41H2,2-3H3;2-6H,1,7-8H2/b12-6-,23-7-;4-3-,6-5-. The second-order valence-corrected chi connectivity index (χ2v) is 12.1. The number of anilines is 1. The van der Waals surface area contributed by atoms with Gasteiger partial charge in [-0.05, 0) is 92.2 Å². The average molecular weight is 642 g/mol. The zero-order valence-corrected chi connectivity index (χ0v) is 28.6. The Balaban J connectivity index is 0.000000603. The molecule has 0 fully saturated rings. The molecule has 0 aliphatic rings. The van der Waals surface area contributed by atoms with Crippen molar-refractivity contribution in [3.63, 3.8) is 0 Å². The van der Waals surface area contributed by atoms with E-state index in [1.165, 1.54) is 34.0 Å². The Morgan fingerprint density at radius 1 is 0.633 bits per heavy atom. The Morgan fingerprint density at radius 3 is 1.76 bits per heavy atom. The molecule has 0 aromatic heterocycles. The molecular formula is C46H47N3. The summed E-state index contributed by atoms with van der Waals surface area (Å²) in [5.74, 6) is 0. The maximum Gasteiger partial charge on any atom is 0.0355 e. The molecule has 0 bridgehead atoms. The zero-order valence-electron chi connectivity index (χ0n) is 28.6. The molecule has 5 rings (SSSR count). The van der Waals surface area contributed by atoms with Gasteiger partial charge >= 0.3 is 0 Å². The summed E-state index contributed by atoms with van der Waals surface area (Å²) in [6.45, 7) is 12.8. The molecule has 5 aromatic rings. The summed E-state index contributed by atoms with van der Waals surface area (Å²) < 4.78 is 0. The van der Waals surface area contributed by atoms with Gasteiger partial charge in [0.2, 0.25) is 0 Å². The van der Waals surface area contributed by atoms with Crippen molar-refractivity contribution in [2.45, 2.75) is 19.3 Å². The lowest BCUT2D eigenvalue weighted by Gasteiger charge is -2.28. The van der Waals surface area contributed by atoms with Crippen LogP contribution in [0.4, 0.5) is 5.69 Å². The van der Waals surface area contributed by atoms with Crippen LogP contribution in [0.2, 0.25) is 0 Å². The Kier molecular flexibility index (Phi) is 13.1. The molecule has 0 atom stereocenters. The molecule has 49 heavy (non-hydrogen) atoms. The SMILES string of the molecule is C=C(/C=C\C=C/N)c1cccc(-c2cccc(-c3cccc(-c4cccc(C(C)(C)c5ccccc5N)c4)c3)c2)c1.C=C/C=C\C=C/CN. The summed E-state index contributed by atoms with van der Waals surface area (Å²) in [6.07, 6.45) is 16.4. The van der Waals surface area contributed by atoms with Gasteiger partial charge in [-0.25, -0.2) is 0 Å². The number of benzene rings is 5. The minimum absolute atomic E-state index is 0.218. The predicted octanol–water partition coefficient (Wildman–Crippen LogP) is 10.9. The van der Waals surface area contributed by atoms with E-state index in [1.807, 2.05) is 48.6 Å². The van der Waals surface area contributed by atoms with E-state index in [0.717, 1.165) is 33.5 Å². The fraction of sp³-hybridized carbons (Fsp3) is 0.0870. The molecule has 0 saturated heterocycles. The van der Waals surface area contributed by atoms with Gasteiger partial charge in [0.25, 0.3) is 0 Å². The van der Waals surface area contributed by atoms with E-state index in [9.17, 15) is 0 Å². The molecular weight excluding hydrogens is 595 g/mol. The lowest BCUT2D eigenvalue weighted by molar-refractivity contribution is 0.643.